The average Bonchev–Trinajstić information content (AvgIpc) is 3.09. The molecule has 0 bridgehead atoms. The van der Waals surface area contributed by atoms with Gasteiger partial charge in [0.2, 0.25) is 0 Å². The van der Waals surface area contributed by atoms with Gasteiger partial charge in [-0.05, 0) is 25.5 Å². The number of nitrogens with zero attached hydrogens (tertiary/aromatic N) is 1. The van der Waals surface area contributed by atoms with Crippen LogP contribution in [-0.4, -0.2) is 27.5 Å². The molecular weight excluding hydrogens is 292 g/mol. The molecule has 2 rings (SSSR count). The van der Waals surface area contributed by atoms with E-state index in [4.69, 9.17) is 4.42 Å². The van der Waals surface area contributed by atoms with Crippen LogP contribution in [0.25, 0.3) is 10.8 Å². The van der Waals surface area contributed by atoms with E-state index in [0.29, 0.717) is 23.6 Å². The Balaban J connectivity index is 2.15. The molecule has 0 aromatic carbocycles. The number of hydrogen-bond acceptors (Lipinski definition) is 5. The zero-order valence-corrected chi connectivity index (χ0v) is 12.6. The summed E-state index contributed by atoms with van der Waals surface area (Å²) in [4.78, 5) is 27.7. The number of carboxylic acid groups (broad SMARTS) is 1. The molecule has 0 radical (unpaired) electrons. The van der Waals surface area contributed by atoms with Crippen LogP contribution in [0.5, 0.6) is 0 Å². The molecule has 6 nitrogen and oxygen atoms in total. The molecule has 112 valence electrons. The van der Waals surface area contributed by atoms with Crippen LogP contribution in [0.2, 0.25) is 0 Å². The van der Waals surface area contributed by atoms with Crippen molar-refractivity contribution < 1.29 is 19.1 Å². The molecule has 0 spiro atoms. The van der Waals surface area contributed by atoms with Crippen LogP contribution in [0.4, 0.5) is 0 Å². The summed E-state index contributed by atoms with van der Waals surface area (Å²) in [5.74, 6) is -0.977. The van der Waals surface area contributed by atoms with Crippen molar-refractivity contribution >= 4 is 23.2 Å². The monoisotopic (exact) mass is 308 g/mol. The lowest BCUT2D eigenvalue weighted by Crippen LogP contribution is -2.52. The van der Waals surface area contributed by atoms with Crippen molar-refractivity contribution in [2.24, 2.45) is 0 Å². The van der Waals surface area contributed by atoms with E-state index in [2.05, 4.69) is 10.3 Å². The number of rotatable bonds is 6. The molecule has 21 heavy (non-hydrogen) atoms. The maximum Gasteiger partial charge on any atom is 0.329 e. The van der Waals surface area contributed by atoms with Crippen LogP contribution in [-0.2, 0) is 4.79 Å². The average molecular weight is 308 g/mol. The Bertz CT molecular complexity index is 635. The number of amides is 1. The fraction of sp³-hybridized carbons (Fsp3) is 0.357. The first-order valence-corrected chi connectivity index (χ1v) is 7.39. The molecule has 2 heterocycles. The van der Waals surface area contributed by atoms with Crippen molar-refractivity contribution in [3.05, 3.63) is 29.5 Å². The third kappa shape index (κ3) is 3.30. The highest BCUT2D eigenvalue weighted by Gasteiger charge is 2.34. The molecular formula is C14H16N2O4S. The van der Waals surface area contributed by atoms with Gasteiger partial charge in [-0.3, -0.25) is 4.79 Å². The highest BCUT2D eigenvalue weighted by molar-refractivity contribution is 7.13. The van der Waals surface area contributed by atoms with E-state index in [1.54, 1.807) is 17.5 Å². The Kier molecular flexibility index (Phi) is 4.42. The van der Waals surface area contributed by atoms with Crippen molar-refractivity contribution in [1.82, 2.24) is 10.3 Å². The number of aromatic nitrogens is 1. The lowest BCUT2D eigenvalue weighted by molar-refractivity contribution is -0.144. The molecule has 0 aliphatic rings. The summed E-state index contributed by atoms with van der Waals surface area (Å²) < 4.78 is 5.21. The van der Waals surface area contributed by atoms with Crippen molar-refractivity contribution in [2.75, 3.05) is 0 Å². The number of nitrogens with one attached hydrogen (secondary N) is 1. The Morgan fingerprint density at radius 1 is 1.52 bits per heavy atom. The lowest BCUT2D eigenvalue weighted by Gasteiger charge is -2.25. The second kappa shape index (κ2) is 6.09. The lowest BCUT2D eigenvalue weighted by atomic mass is 9.96. The topological polar surface area (TPSA) is 92.4 Å². The van der Waals surface area contributed by atoms with Crippen LogP contribution in [0, 0.1) is 0 Å². The largest absolute Gasteiger partial charge is 0.480 e. The van der Waals surface area contributed by atoms with Gasteiger partial charge in [0.25, 0.3) is 5.91 Å². The van der Waals surface area contributed by atoms with E-state index in [-0.39, 0.29) is 5.69 Å². The second-order valence-electron chi connectivity index (χ2n) is 4.86. The maximum atomic E-state index is 12.2. The van der Waals surface area contributed by atoms with Crippen LogP contribution >= 0.6 is 11.3 Å². The zero-order chi connectivity index (χ0) is 15.5. The minimum absolute atomic E-state index is 0.190. The summed E-state index contributed by atoms with van der Waals surface area (Å²) in [5, 5.41) is 14.0. The number of carboxylic acids is 1. The normalized spacial score (nSPS) is 13.6. The quantitative estimate of drug-likeness (QED) is 0.856. The summed E-state index contributed by atoms with van der Waals surface area (Å²) in [6, 6.07) is 3.48. The van der Waals surface area contributed by atoms with Crippen molar-refractivity contribution in [3.8, 4) is 10.8 Å². The molecule has 0 aliphatic heterocycles. The molecule has 2 N–H and O–H groups in total. The van der Waals surface area contributed by atoms with Gasteiger partial charge in [0, 0.05) is 5.38 Å². The number of furan rings is 1. The molecule has 2 aromatic rings. The van der Waals surface area contributed by atoms with E-state index in [0.717, 1.165) is 0 Å². The van der Waals surface area contributed by atoms with Crippen molar-refractivity contribution in [1.29, 1.82) is 0 Å². The molecule has 1 amide bonds. The van der Waals surface area contributed by atoms with Gasteiger partial charge in [0.05, 0.1) is 6.26 Å². The van der Waals surface area contributed by atoms with E-state index in [9.17, 15) is 14.7 Å². The summed E-state index contributed by atoms with van der Waals surface area (Å²) in [7, 11) is 0. The van der Waals surface area contributed by atoms with E-state index >= 15 is 0 Å². The standard InChI is InChI=1S/C14H16N2O4S/c1-3-6-14(2,13(18)19)16-11(17)9-8-21-12(15-9)10-5-4-7-20-10/h4-5,7-8H,3,6H2,1-2H3,(H,16,17)(H,18,19). The van der Waals surface area contributed by atoms with E-state index in [1.165, 1.54) is 24.5 Å². The summed E-state index contributed by atoms with van der Waals surface area (Å²) in [6.45, 7) is 3.36. The number of thiazole rings is 1. The second-order valence-corrected chi connectivity index (χ2v) is 5.71. The SMILES string of the molecule is CCCC(C)(NC(=O)c1csc(-c2ccco2)n1)C(=O)O. The van der Waals surface area contributed by atoms with E-state index in [1.807, 2.05) is 6.92 Å². The molecule has 1 atom stereocenters. The first-order valence-electron chi connectivity index (χ1n) is 6.51. The van der Waals surface area contributed by atoms with Gasteiger partial charge >= 0.3 is 5.97 Å². The number of aliphatic carboxylic acids is 1. The molecule has 1 unspecified atom stereocenters. The van der Waals surface area contributed by atoms with Gasteiger partial charge in [-0.15, -0.1) is 11.3 Å². The highest BCUT2D eigenvalue weighted by Crippen LogP contribution is 2.24. The summed E-state index contributed by atoms with van der Waals surface area (Å²) >= 11 is 1.27. The van der Waals surface area contributed by atoms with Gasteiger partial charge in [-0.25, -0.2) is 9.78 Å². The van der Waals surface area contributed by atoms with Gasteiger partial charge < -0.3 is 14.8 Å². The van der Waals surface area contributed by atoms with Crippen LogP contribution in [0.15, 0.2) is 28.2 Å². The molecule has 7 heteroatoms. The Morgan fingerprint density at radius 2 is 2.29 bits per heavy atom. The maximum absolute atomic E-state index is 12.2. The summed E-state index contributed by atoms with van der Waals surface area (Å²) in [6.07, 6.45) is 2.53. The predicted molar refractivity (Wildman–Crippen MR) is 78.2 cm³/mol. The third-order valence-corrected chi connectivity index (χ3v) is 3.94. The first-order chi connectivity index (χ1) is 9.96. The van der Waals surface area contributed by atoms with Crippen LogP contribution < -0.4 is 5.32 Å². The van der Waals surface area contributed by atoms with Crippen molar-refractivity contribution in [2.45, 2.75) is 32.2 Å². The Labute approximate surface area is 125 Å². The molecule has 0 saturated carbocycles. The Morgan fingerprint density at radius 3 is 2.86 bits per heavy atom. The fourth-order valence-electron chi connectivity index (χ4n) is 1.93. The van der Waals surface area contributed by atoms with Gasteiger partial charge in [0.15, 0.2) is 10.8 Å². The first kappa shape index (κ1) is 15.2. The number of carbonyl (C=O) groups excluding carboxylic acids is 1. The van der Waals surface area contributed by atoms with Gasteiger partial charge in [-0.1, -0.05) is 13.3 Å². The molecule has 0 fully saturated rings. The minimum Gasteiger partial charge on any atom is -0.480 e. The van der Waals surface area contributed by atoms with Crippen LogP contribution in [0.3, 0.4) is 0 Å². The smallest absolute Gasteiger partial charge is 0.329 e. The number of hydrogen-bond donors (Lipinski definition) is 2. The minimum atomic E-state index is -1.29. The highest BCUT2D eigenvalue weighted by atomic mass is 32.1. The van der Waals surface area contributed by atoms with Crippen molar-refractivity contribution in [3.63, 3.8) is 0 Å². The van der Waals surface area contributed by atoms with E-state index < -0.39 is 17.4 Å². The summed E-state index contributed by atoms with van der Waals surface area (Å²) in [5.41, 5.74) is -1.10. The van der Waals surface area contributed by atoms with Crippen LogP contribution in [0.1, 0.15) is 37.2 Å². The molecule has 0 saturated heterocycles. The van der Waals surface area contributed by atoms with Gasteiger partial charge in [0.1, 0.15) is 11.2 Å². The zero-order valence-electron chi connectivity index (χ0n) is 11.8. The third-order valence-electron chi connectivity index (χ3n) is 3.08. The molecule has 0 aliphatic carbocycles. The fourth-order valence-corrected chi connectivity index (χ4v) is 2.70. The Hall–Kier alpha value is -2.15. The number of carbonyl (C=O) groups is 2. The molecule has 2 aromatic heterocycles. The predicted octanol–water partition coefficient (Wildman–Crippen LogP) is 2.78. The van der Waals surface area contributed by atoms with Gasteiger partial charge in [-0.2, -0.15) is 0 Å².